The van der Waals surface area contributed by atoms with Crippen LogP contribution in [0, 0.1) is 0 Å². The van der Waals surface area contributed by atoms with E-state index in [1.54, 1.807) is 11.8 Å². The normalized spacial score (nSPS) is 21.1. The maximum atomic E-state index is 5.50. The first-order chi connectivity index (χ1) is 10.6. The van der Waals surface area contributed by atoms with E-state index in [1.807, 2.05) is 37.3 Å². The molecule has 1 aliphatic rings. The lowest BCUT2D eigenvalue weighted by atomic mass is 10.1. The van der Waals surface area contributed by atoms with E-state index >= 15 is 0 Å². The molecule has 1 aromatic carbocycles. The fraction of sp³-hybridized carbons (Fsp3) is 0.214. The van der Waals surface area contributed by atoms with E-state index < -0.39 is 18.3 Å². The van der Waals surface area contributed by atoms with Gasteiger partial charge in [-0.05, 0) is 63.4 Å². The molecule has 124 valence electrons. The summed E-state index contributed by atoms with van der Waals surface area (Å²) in [5.41, 5.74) is 2.58. The van der Waals surface area contributed by atoms with Gasteiger partial charge in [0.1, 0.15) is 5.04 Å². The fourth-order valence-corrected chi connectivity index (χ4v) is 14.9. The number of hydrogen-bond acceptors (Lipinski definition) is 6. The minimum atomic E-state index is -2.10. The summed E-state index contributed by atoms with van der Waals surface area (Å²) in [6.07, 6.45) is -2.10. The van der Waals surface area contributed by atoms with Crippen molar-refractivity contribution >= 4 is 93.0 Å². The molecule has 0 aliphatic carbocycles. The van der Waals surface area contributed by atoms with Crippen LogP contribution in [0.25, 0.3) is 5.57 Å². The third-order valence-corrected chi connectivity index (χ3v) is 16.4. The second kappa shape index (κ2) is 7.49. The van der Waals surface area contributed by atoms with Crippen molar-refractivity contribution in [1.29, 1.82) is 0 Å². The highest BCUT2D eigenvalue weighted by molar-refractivity contribution is 8.95. The molecule has 0 saturated carbocycles. The van der Waals surface area contributed by atoms with Gasteiger partial charge in [-0.2, -0.15) is 0 Å². The van der Waals surface area contributed by atoms with Crippen molar-refractivity contribution in [3.05, 3.63) is 54.8 Å². The summed E-state index contributed by atoms with van der Waals surface area (Å²) in [6, 6.07) is 9.91. The molecule has 0 radical (unpaired) electrons. The Bertz CT molecular complexity index is 855. The smallest absolute Gasteiger partial charge is 0.104 e. The largest absolute Gasteiger partial charge is 0.245 e. The van der Waals surface area contributed by atoms with Gasteiger partial charge in [-0.25, -0.2) is 4.99 Å². The van der Waals surface area contributed by atoms with Crippen molar-refractivity contribution in [2.75, 3.05) is 0 Å². The molecule has 1 aromatic rings. The van der Waals surface area contributed by atoms with Crippen LogP contribution < -0.4 is 0 Å². The molecule has 0 bridgehead atoms. The standard InChI is InChI=1S/C14H15NS8/c1-9(11-7-5-4-6-8-11)13-15-10(2)12(21-13)14(3,22(16)17)23(18,19)20/h4-8,12,22H,1-2H2,3H3,(H,18,19,20)/t12-,14?/m1/s1. The van der Waals surface area contributed by atoms with Crippen molar-refractivity contribution in [2.45, 2.75) is 16.3 Å². The Morgan fingerprint density at radius 2 is 1.91 bits per heavy atom. The van der Waals surface area contributed by atoms with Gasteiger partial charge in [0.25, 0.3) is 0 Å². The minimum Gasteiger partial charge on any atom is -0.245 e. The maximum Gasteiger partial charge on any atom is 0.104 e. The zero-order chi connectivity index (χ0) is 17.4. The van der Waals surface area contributed by atoms with Crippen molar-refractivity contribution < 1.29 is 0 Å². The molecular formula is C14H15NS8. The number of thioether (sulfide) groups is 1. The summed E-state index contributed by atoms with van der Waals surface area (Å²) >= 11 is 27.9. The lowest BCUT2D eigenvalue weighted by molar-refractivity contribution is 0.896. The van der Waals surface area contributed by atoms with Crippen molar-refractivity contribution in [2.24, 2.45) is 4.99 Å². The molecule has 0 amide bonds. The molecule has 0 N–H and O–H groups in total. The SMILES string of the molecule is C=C(C1=NC(=C)[C@H](C(C)([SH](=S)=S)S(=S)(=S)S)S1)c1ccccc1. The number of benzene rings is 1. The van der Waals surface area contributed by atoms with Gasteiger partial charge in [0, 0.05) is 5.57 Å². The summed E-state index contributed by atoms with van der Waals surface area (Å²) in [5.74, 6) is 0. The van der Waals surface area contributed by atoms with Crippen molar-refractivity contribution in [1.82, 2.24) is 0 Å². The summed E-state index contributed by atoms with van der Waals surface area (Å²) in [4.78, 5) is 4.60. The molecule has 9 heteroatoms. The second-order valence-electron chi connectivity index (χ2n) is 5.04. The van der Waals surface area contributed by atoms with Gasteiger partial charge < -0.3 is 0 Å². The van der Waals surface area contributed by atoms with Gasteiger partial charge in [-0.15, -0.1) is 11.7 Å². The molecular weight excluding hydrogens is 439 g/mol. The molecule has 1 nitrogen and oxygen atoms in total. The topological polar surface area (TPSA) is 12.4 Å². The Hall–Kier alpha value is 0.650. The molecule has 0 aromatic heterocycles. The fourth-order valence-electron chi connectivity index (χ4n) is 2.04. The Labute approximate surface area is 167 Å². The number of thiol groups is 2. The van der Waals surface area contributed by atoms with Crippen LogP contribution in [0.5, 0.6) is 0 Å². The first-order valence-corrected chi connectivity index (χ1v) is 15.2. The van der Waals surface area contributed by atoms with Crippen molar-refractivity contribution in [3.63, 3.8) is 0 Å². The first-order valence-electron chi connectivity index (χ1n) is 6.39. The van der Waals surface area contributed by atoms with Gasteiger partial charge in [-0.1, -0.05) is 63.3 Å². The van der Waals surface area contributed by atoms with Gasteiger partial charge >= 0.3 is 0 Å². The van der Waals surface area contributed by atoms with Crippen LogP contribution in [0.3, 0.4) is 0 Å². The van der Waals surface area contributed by atoms with E-state index in [4.69, 9.17) is 44.8 Å². The average molecular weight is 454 g/mol. The van der Waals surface area contributed by atoms with Crippen LogP contribution in [-0.4, -0.2) is 14.4 Å². The van der Waals surface area contributed by atoms with Crippen LogP contribution in [0.1, 0.15) is 12.5 Å². The molecule has 2 atom stereocenters. The predicted molar refractivity (Wildman–Crippen MR) is 126 cm³/mol. The molecule has 0 fully saturated rings. The molecule has 0 saturated heterocycles. The van der Waals surface area contributed by atoms with Gasteiger partial charge in [-0.3, -0.25) is 0 Å². The molecule has 0 spiro atoms. The van der Waals surface area contributed by atoms with E-state index in [9.17, 15) is 0 Å². The predicted octanol–water partition coefficient (Wildman–Crippen LogP) is 3.64. The van der Waals surface area contributed by atoms with Gasteiger partial charge in [0.15, 0.2) is 0 Å². The van der Waals surface area contributed by atoms with Gasteiger partial charge in [0.2, 0.25) is 0 Å². The van der Waals surface area contributed by atoms with Crippen LogP contribution >= 0.6 is 23.4 Å². The number of hydrogen-bond donors (Lipinski definition) is 2. The average Bonchev–Trinajstić information content (AvgIpc) is 2.87. The quantitative estimate of drug-likeness (QED) is 0.520. The highest BCUT2D eigenvalue weighted by Gasteiger charge is 2.45. The van der Waals surface area contributed by atoms with Gasteiger partial charge in [0.05, 0.1) is 15.0 Å². The summed E-state index contributed by atoms with van der Waals surface area (Å²) in [6.45, 7) is 10.2. The Morgan fingerprint density at radius 1 is 1.35 bits per heavy atom. The highest BCUT2D eigenvalue weighted by Crippen LogP contribution is 2.45. The lowest BCUT2D eigenvalue weighted by Crippen LogP contribution is -2.42. The maximum absolute atomic E-state index is 5.50. The summed E-state index contributed by atoms with van der Waals surface area (Å²) in [7, 11) is -1.23. The zero-order valence-corrected chi connectivity index (χ0v) is 18.9. The molecule has 2 rings (SSSR count). The molecule has 1 heterocycles. The third-order valence-electron chi connectivity index (χ3n) is 3.53. The Balaban J connectivity index is 2.39. The van der Waals surface area contributed by atoms with Crippen molar-refractivity contribution in [3.8, 4) is 0 Å². The monoisotopic (exact) mass is 453 g/mol. The lowest BCUT2D eigenvalue weighted by Gasteiger charge is -2.34. The van der Waals surface area contributed by atoms with E-state index in [0.717, 1.165) is 16.2 Å². The van der Waals surface area contributed by atoms with Crippen LogP contribution in [0.15, 0.2) is 54.2 Å². The first kappa shape index (κ1) is 20.0. The highest BCUT2D eigenvalue weighted by atomic mass is 33.5. The van der Waals surface area contributed by atoms with Crippen LogP contribution in [-0.2, 0) is 58.9 Å². The summed E-state index contributed by atoms with van der Waals surface area (Å²) < 4.78 is -0.620. The van der Waals surface area contributed by atoms with Crippen LogP contribution in [0.4, 0.5) is 0 Å². The zero-order valence-electron chi connectivity index (χ0n) is 12.2. The Kier molecular flexibility index (Phi) is 6.50. The van der Waals surface area contributed by atoms with E-state index in [2.05, 4.69) is 29.8 Å². The number of nitrogens with zero attached hydrogens (tertiary/aromatic N) is 1. The molecule has 1 unspecified atom stereocenters. The minimum absolute atomic E-state index is 0.137. The number of rotatable bonds is 5. The Morgan fingerprint density at radius 3 is 2.39 bits per heavy atom. The molecule has 23 heavy (non-hydrogen) atoms. The van der Waals surface area contributed by atoms with E-state index in [1.165, 1.54) is 0 Å². The van der Waals surface area contributed by atoms with E-state index in [0.29, 0.717) is 5.70 Å². The molecule has 1 aliphatic heterocycles. The van der Waals surface area contributed by atoms with Crippen LogP contribution in [0.2, 0.25) is 0 Å². The second-order valence-corrected chi connectivity index (χ2v) is 19.3. The summed E-state index contributed by atoms with van der Waals surface area (Å²) in [5, 5.41) is 0.683. The third kappa shape index (κ3) is 3.92. The van der Waals surface area contributed by atoms with E-state index in [-0.39, 0.29) is 5.25 Å². The number of aliphatic imine (C=N–C) groups is 1.